The Hall–Kier alpha value is -7.24. The van der Waals surface area contributed by atoms with Crippen LogP contribution >= 0.6 is 0 Å². The summed E-state index contributed by atoms with van der Waals surface area (Å²) in [5.74, 6) is 1.18. The van der Waals surface area contributed by atoms with Gasteiger partial charge in [0.2, 0.25) is 0 Å². The van der Waals surface area contributed by atoms with E-state index in [0.717, 1.165) is 17.1 Å². The van der Waals surface area contributed by atoms with Crippen molar-refractivity contribution in [2.75, 3.05) is 4.90 Å². The smallest absolute Gasteiger partial charge is 0.335 e. The van der Waals surface area contributed by atoms with Crippen molar-refractivity contribution in [2.24, 2.45) is 0 Å². The fourth-order valence-electron chi connectivity index (χ4n) is 10.2. The lowest BCUT2D eigenvalue weighted by Gasteiger charge is -2.40. The molecule has 2 aliphatic heterocycles. The number of para-hydroxylation sites is 6. The minimum absolute atomic E-state index is 0.0714. The fourth-order valence-corrected chi connectivity index (χ4v) is 10.2. The van der Waals surface area contributed by atoms with Gasteiger partial charge >= 0.3 is 6.85 Å². The van der Waals surface area contributed by atoms with Crippen LogP contribution in [0.4, 0.5) is 17.2 Å². The second-order valence-electron chi connectivity index (χ2n) is 14.9. The summed E-state index contributed by atoms with van der Waals surface area (Å²) < 4.78 is 7.69. The van der Waals surface area contributed by atoms with Crippen LogP contribution in [0, 0.1) is 0 Å². The molecule has 55 heavy (non-hydrogen) atoms. The molecule has 13 rings (SSSR count). The van der Waals surface area contributed by atoms with Crippen LogP contribution in [0.1, 0.15) is 0 Å². The van der Waals surface area contributed by atoms with Crippen LogP contribution in [0.3, 0.4) is 0 Å². The molecule has 0 unspecified atom stereocenters. The monoisotopic (exact) mass is 698 g/mol. The van der Waals surface area contributed by atoms with Crippen molar-refractivity contribution in [3.05, 3.63) is 188 Å². The van der Waals surface area contributed by atoms with Gasteiger partial charge in [0.1, 0.15) is 5.82 Å². The predicted molar refractivity (Wildman–Crippen MR) is 231 cm³/mol. The zero-order chi connectivity index (χ0) is 35.8. The molecule has 0 saturated heterocycles. The highest BCUT2D eigenvalue weighted by Gasteiger charge is 2.46. The number of hydrogen-bond donors (Lipinski definition) is 0. The highest BCUT2D eigenvalue weighted by Crippen LogP contribution is 2.51. The topological polar surface area (TPSA) is 18.0 Å². The maximum atomic E-state index is 2.70. The Labute approximate surface area is 317 Å². The lowest BCUT2D eigenvalue weighted by atomic mass is 9.45. The Kier molecular flexibility index (Phi) is 5.68. The molecule has 5 heterocycles. The molecule has 0 bridgehead atoms. The molecule has 8 aromatic carbocycles. The van der Waals surface area contributed by atoms with Crippen molar-refractivity contribution in [3.8, 4) is 22.5 Å². The molecule has 3 aromatic heterocycles. The fraction of sp³-hybridized carbons (Fsp3) is 0. The summed E-state index contributed by atoms with van der Waals surface area (Å²) in [6.45, 7) is -0.0714. The van der Waals surface area contributed by atoms with E-state index in [2.05, 4.69) is 207 Å². The molecule has 0 amide bonds. The molecule has 0 atom stereocenters. The molecule has 0 N–H and O–H groups in total. The maximum absolute atomic E-state index is 2.70. The van der Waals surface area contributed by atoms with Gasteiger partial charge in [-0.05, 0) is 83.1 Å². The molecule has 0 saturated carbocycles. The summed E-state index contributed by atoms with van der Waals surface area (Å²) in [4.78, 5) is 2.53. The molecule has 5 heteroatoms. The van der Waals surface area contributed by atoms with Crippen molar-refractivity contribution in [3.63, 3.8) is 0 Å². The van der Waals surface area contributed by atoms with Crippen LogP contribution in [0.2, 0.25) is 0 Å². The molecule has 2 aliphatic rings. The van der Waals surface area contributed by atoms with Crippen LogP contribution < -0.4 is 15.8 Å². The van der Waals surface area contributed by atoms with E-state index in [4.69, 9.17) is 0 Å². The van der Waals surface area contributed by atoms with Gasteiger partial charge in [-0.25, -0.2) is 0 Å². The zero-order valence-corrected chi connectivity index (χ0v) is 29.8. The minimum atomic E-state index is -0.0714. The molecule has 0 aliphatic carbocycles. The quantitative estimate of drug-likeness (QED) is 0.168. The van der Waals surface area contributed by atoms with E-state index in [1.165, 1.54) is 88.1 Å². The van der Waals surface area contributed by atoms with E-state index in [0.29, 0.717) is 0 Å². The van der Waals surface area contributed by atoms with Crippen LogP contribution in [-0.4, -0.2) is 20.5 Å². The van der Waals surface area contributed by atoms with Crippen molar-refractivity contribution in [1.29, 1.82) is 0 Å². The number of benzene rings is 8. The van der Waals surface area contributed by atoms with E-state index in [1.807, 2.05) is 0 Å². The third-order valence-electron chi connectivity index (χ3n) is 12.2. The predicted octanol–water partition coefficient (Wildman–Crippen LogP) is 11.3. The molecule has 254 valence electrons. The van der Waals surface area contributed by atoms with Gasteiger partial charge in [0.05, 0.1) is 16.6 Å². The normalized spacial score (nSPS) is 13.0. The number of anilines is 3. The Morgan fingerprint density at radius 3 is 1.58 bits per heavy atom. The molecule has 0 radical (unpaired) electrons. The molecule has 11 aromatic rings. The number of rotatable bonds is 3. The van der Waals surface area contributed by atoms with Crippen LogP contribution in [-0.2, 0) is 0 Å². The Balaban J connectivity index is 1.29. The van der Waals surface area contributed by atoms with Gasteiger partial charge in [-0.15, -0.1) is 0 Å². The van der Waals surface area contributed by atoms with Gasteiger partial charge in [-0.3, -0.25) is 9.47 Å². The zero-order valence-electron chi connectivity index (χ0n) is 29.8. The SMILES string of the molecule is c1ccc(N2c3cccc4c3B(c3c2n(-c2ccccc2)c2ccccc32)n2c3ccccc3c3cc5c6ccccc6n(-c6ccccc6)c5c-4c32)cc1. The van der Waals surface area contributed by atoms with E-state index in [9.17, 15) is 0 Å². The highest BCUT2D eigenvalue weighted by atomic mass is 15.3. The van der Waals surface area contributed by atoms with Crippen LogP contribution in [0.5, 0.6) is 0 Å². The van der Waals surface area contributed by atoms with E-state index < -0.39 is 0 Å². The first-order valence-corrected chi connectivity index (χ1v) is 19.1. The van der Waals surface area contributed by atoms with Crippen molar-refractivity contribution in [1.82, 2.24) is 13.6 Å². The second kappa shape index (κ2) is 10.7. The van der Waals surface area contributed by atoms with Gasteiger partial charge in [0.15, 0.2) is 0 Å². The number of nitrogens with zero attached hydrogens (tertiary/aromatic N) is 4. The third-order valence-corrected chi connectivity index (χ3v) is 12.2. The van der Waals surface area contributed by atoms with Crippen molar-refractivity contribution < 1.29 is 0 Å². The number of fused-ring (bicyclic) bond motifs is 13. The second-order valence-corrected chi connectivity index (χ2v) is 14.9. The summed E-state index contributed by atoms with van der Waals surface area (Å²) in [5.41, 5.74) is 16.1. The average Bonchev–Trinajstić information content (AvgIpc) is 3.89. The highest BCUT2D eigenvalue weighted by molar-refractivity contribution is 6.91. The Morgan fingerprint density at radius 2 is 0.891 bits per heavy atom. The first-order chi connectivity index (χ1) is 27.4. The summed E-state index contributed by atoms with van der Waals surface area (Å²) in [5, 5.41) is 6.39. The molecular formula is C50H31BN4. The number of hydrogen-bond acceptors (Lipinski definition) is 1. The van der Waals surface area contributed by atoms with Crippen LogP contribution in [0.25, 0.3) is 77.0 Å². The van der Waals surface area contributed by atoms with E-state index in [-0.39, 0.29) is 6.85 Å². The third kappa shape index (κ3) is 3.67. The Morgan fingerprint density at radius 1 is 0.364 bits per heavy atom. The van der Waals surface area contributed by atoms with E-state index in [1.54, 1.807) is 0 Å². The maximum Gasteiger partial charge on any atom is 0.335 e. The number of aromatic nitrogens is 3. The van der Waals surface area contributed by atoms with Gasteiger partial charge in [-0.1, -0.05) is 121 Å². The summed E-state index contributed by atoms with van der Waals surface area (Å²) >= 11 is 0. The van der Waals surface area contributed by atoms with Gasteiger partial charge < -0.3 is 9.05 Å². The first-order valence-electron chi connectivity index (χ1n) is 19.1. The summed E-state index contributed by atoms with van der Waals surface area (Å²) in [7, 11) is 0. The van der Waals surface area contributed by atoms with Gasteiger partial charge in [0.25, 0.3) is 0 Å². The summed E-state index contributed by atoms with van der Waals surface area (Å²) in [6, 6.07) is 69.2. The van der Waals surface area contributed by atoms with Crippen molar-refractivity contribution >= 4 is 89.5 Å². The van der Waals surface area contributed by atoms with E-state index >= 15 is 0 Å². The van der Waals surface area contributed by atoms with Gasteiger partial charge in [0, 0.05) is 66.4 Å². The largest absolute Gasteiger partial charge is 0.375 e. The van der Waals surface area contributed by atoms with Crippen molar-refractivity contribution in [2.45, 2.75) is 0 Å². The van der Waals surface area contributed by atoms with Crippen LogP contribution in [0.15, 0.2) is 188 Å². The molecular weight excluding hydrogens is 667 g/mol. The van der Waals surface area contributed by atoms with Gasteiger partial charge in [-0.2, -0.15) is 0 Å². The standard InChI is InChI=1S/C50H31BN4/c1-4-17-32(18-5-1)52-41-27-13-10-23-35(41)39-31-40-36-24-11-15-29-43(36)55-49(40)45(48(39)52)38-26-16-30-44-46(38)51(55)47-37-25-12-14-28-42(37)53(33-19-6-2-7-20-33)50(47)54(44)34-21-8-3-9-22-34/h1-31H. The molecule has 4 nitrogen and oxygen atoms in total. The first kappa shape index (κ1) is 29.2. The Bertz CT molecular complexity index is 3370. The lowest BCUT2D eigenvalue weighted by Crippen LogP contribution is -2.56. The molecule has 0 spiro atoms. The average molecular weight is 699 g/mol. The lowest BCUT2D eigenvalue weighted by molar-refractivity contribution is 1.07. The summed E-state index contributed by atoms with van der Waals surface area (Å²) in [6.07, 6.45) is 0. The minimum Gasteiger partial charge on any atom is -0.375 e. The molecule has 0 fully saturated rings.